The molecule has 3 heterocycles. The van der Waals surface area contributed by atoms with E-state index in [1.54, 1.807) is 12.3 Å². The molecule has 0 aliphatic carbocycles. The standard InChI is InChI=1S/C23H24F3N5O2/c1-31-11-3-2-4-12-32-21-14-16(7-9-27-21)19-8-10-28-22(30-19)29-18-5-6-20(17(13-18)15-31)33-23(24,25)26/h2-3,5-6,8,10,13-14H,4,7,9,11-12,15H2,1H3,(H,28,29,30)/b3-2+. The largest absolute Gasteiger partial charge is 0.573 e. The number of halogens is 3. The highest BCUT2D eigenvalue weighted by molar-refractivity contribution is 5.96. The van der Waals surface area contributed by atoms with Crippen molar-refractivity contribution < 1.29 is 22.6 Å². The predicted molar refractivity (Wildman–Crippen MR) is 119 cm³/mol. The summed E-state index contributed by atoms with van der Waals surface area (Å²) in [5.74, 6) is 0.688. The Morgan fingerprint density at radius 1 is 1.18 bits per heavy atom. The summed E-state index contributed by atoms with van der Waals surface area (Å²) < 4.78 is 48.8. The van der Waals surface area contributed by atoms with Crippen LogP contribution in [-0.2, 0) is 11.3 Å². The summed E-state index contributed by atoms with van der Waals surface area (Å²) in [6.45, 7) is 1.90. The molecule has 6 bridgehead atoms. The number of nitrogens with zero attached hydrogens (tertiary/aromatic N) is 4. The van der Waals surface area contributed by atoms with Gasteiger partial charge < -0.3 is 14.8 Å². The molecule has 2 aromatic rings. The van der Waals surface area contributed by atoms with Crippen molar-refractivity contribution in [2.45, 2.75) is 25.7 Å². The molecule has 1 N–H and O–H groups in total. The molecule has 0 amide bonds. The molecule has 1 aromatic heterocycles. The maximum absolute atomic E-state index is 12.9. The zero-order valence-electron chi connectivity index (χ0n) is 18.1. The predicted octanol–water partition coefficient (Wildman–Crippen LogP) is 4.71. The number of benzene rings is 1. The summed E-state index contributed by atoms with van der Waals surface area (Å²) >= 11 is 0. The van der Waals surface area contributed by atoms with Gasteiger partial charge in [0.2, 0.25) is 11.8 Å². The normalized spacial score (nSPS) is 18.5. The van der Waals surface area contributed by atoms with Crippen molar-refractivity contribution in [2.75, 3.05) is 32.1 Å². The molecule has 0 atom stereocenters. The van der Waals surface area contributed by atoms with Crippen molar-refractivity contribution >= 4 is 23.1 Å². The zero-order chi connectivity index (χ0) is 23.3. The minimum Gasteiger partial charge on any atom is -0.478 e. The van der Waals surface area contributed by atoms with E-state index in [1.807, 2.05) is 36.2 Å². The van der Waals surface area contributed by atoms with Crippen LogP contribution in [0, 0.1) is 0 Å². The first kappa shape index (κ1) is 22.8. The van der Waals surface area contributed by atoms with Gasteiger partial charge in [-0.3, -0.25) is 9.89 Å². The van der Waals surface area contributed by atoms with Crippen LogP contribution in [0.15, 0.2) is 53.7 Å². The molecule has 0 saturated heterocycles. The van der Waals surface area contributed by atoms with E-state index in [2.05, 4.69) is 25.0 Å². The van der Waals surface area contributed by atoms with E-state index >= 15 is 0 Å². The summed E-state index contributed by atoms with van der Waals surface area (Å²) in [6, 6.07) is 6.25. The highest BCUT2D eigenvalue weighted by Gasteiger charge is 2.32. The van der Waals surface area contributed by atoms with Gasteiger partial charge in [0.15, 0.2) is 0 Å². The van der Waals surface area contributed by atoms with Gasteiger partial charge >= 0.3 is 6.36 Å². The highest BCUT2D eigenvalue weighted by atomic mass is 19.4. The van der Waals surface area contributed by atoms with Gasteiger partial charge in [0, 0.05) is 43.2 Å². The maximum atomic E-state index is 12.9. The van der Waals surface area contributed by atoms with E-state index in [4.69, 9.17) is 4.74 Å². The number of dihydropyridines is 1. The number of aromatic nitrogens is 2. The molecule has 2 aliphatic rings. The topological polar surface area (TPSA) is 71.9 Å². The fraction of sp³-hybridized carbons (Fsp3) is 0.348. The molecule has 0 unspecified atom stereocenters. The molecular weight excluding hydrogens is 435 g/mol. The summed E-state index contributed by atoms with van der Waals surface area (Å²) in [4.78, 5) is 15.1. The lowest BCUT2D eigenvalue weighted by atomic mass is 10.1. The van der Waals surface area contributed by atoms with Crippen molar-refractivity contribution in [3.8, 4) is 5.75 Å². The molecule has 0 fully saturated rings. The second-order valence-electron chi connectivity index (χ2n) is 7.71. The average Bonchev–Trinajstić information content (AvgIpc) is 2.77. The van der Waals surface area contributed by atoms with E-state index in [0.717, 1.165) is 17.7 Å². The van der Waals surface area contributed by atoms with Crippen LogP contribution in [0.3, 0.4) is 0 Å². The minimum absolute atomic E-state index is 0.236. The Labute approximate surface area is 189 Å². The molecule has 0 radical (unpaired) electrons. The van der Waals surface area contributed by atoms with Crippen molar-refractivity contribution in [1.82, 2.24) is 14.9 Å². The molecule has 10 heteroatoms. The lowest BCUT2D eigenvalue weighted by molar-refractivity contribution is -0.275. The molecule has 1 aromatic carbocycles. The van der Waals surface area contributed by atoms with Crippen LogP contribution >= 0.6 is 0 Å². The molecule has 2 aliphatic heterocycles. The number of anilines is 2. The summed E-state index contributed by atoms with van der Waals surface area (Å²) in [6.07, 6.45) is 4.10. The van der Waals surface area contributed by atoms with Gasteiger partial charge in [-0.15, -0.1) is 13.2 Å². The van der Waals surface area contributed by atoms with Crippen LogP contribution in [-0.4, -0.2) is 53.9 Å². The summed E-state index contributed by atoms with van der Waals surface area (Å²) in [5.41, 5.74) is 2.68. The van der Waals surface area contributed by atoms with Gasteiger partial charge in [0.05, 0.1) is 12.3 Å². The number of ether oxygens (including phenoxy) is 2. The second-order valence-corrected chi connectivity index (χ2v) is 7.71. The number of hydrogen-bond acceptors (Lipinski definition) is 7. The third-order valence-electron chi connectivity index (χ3n) is 5.03. The first-order valence-corrected chi connectivity index (χ1v) is 10.6. The lowest BCUT2D eigenvalue weighted by Crippen LogP contribution is -2.21. The van der Waals surface area contributed by atoms with Crippen molar-refractivity contribution in [3.05, 3.63) is 59.9 Å². The molecule has 174 valence electrons. The number of likely N-dealkylation sites (N-methyl/N-ethyl adjacent to an activating group) is 1. The molecule has 0 saturated carbocycles. The Morgan fingerprint density at radius 2 is 2.06 bits per heavy atom. The van der Waals surface area contributed by atoms with Gasteiger partial charge in [-0.25, -0.2) is 9.97 Å². The van der Waals surface area contributed by atoms with Crippen LogP contribution in [0.4, 0.5) is 24.8 Å². The van der Waals surface area contributed by atoms with Gasteiger partial charge in [0.1, 0.15) is 5.75 Å². The fourth-order valence-electron chi connectivity index (χ4n) is 3.53. The molecule has 7 nitrogen and oxygen atoms in total. The van der Waals surface area contributed by atoms with E-state index in [-0.39, 0.29) is 12.3 Å². The Balaban J connectivity index is 1.68. The number of aliphatic imine (C=N–C) groups is 1. The van der Waals surface area contributed by atoms with Crippen molar-refractivity contribution in [3.63, 3.8) is 0 Å². The maximum Gasteiger partial charge on any atom is 0.573 e. The van der Waals surface area contributed by atoms with E-state index in [9.17, 15) is 13.2 Å². The van der Waals surface area contributed by atoms with Crippen molar-refractivity contribution in [2.24, 2.45) is 4.99 Å². The minimum atomic E-state index is -4.77. The number of nitrogens with one attached hydrogen (secondary N) is 1. The third-order valence-corrected chi connectivity index (χ3v) is 5.03. The third kappa shape index (κ3) is 6.55. The van der Waals surface area contributed by atoms with Gasteiger partial charge in [0.25, 0.3) is 0 Å². The number of hydrogen-bond donors (Lipinski definition) is 1. The van der Waals surface area contributed by atoms with Crippen molar-refractivity contribution in [1.29, 1.82) is 0 Å². The highest BCUT2D eigenvalue weighted by Crippen LogP contribution is 2.30. The fourth-order valence-corrected chi connectivity index (χ4v) is 3.53. The molecule has 4 rings (SSSR count). The molecule has 33 heavy (non-hydrogen) atoms. The van der Waals surface area contributed by atoms with Crippen LogP contribution in [0.5, 0.6) is 5.75 Å². The van der Waals surface area contributed by atoms with Gasteiger partial charge in [-0.1, -0.05) is 12.2 Å². The monoisotopic (exact) mass is 459 g/mol. The van der Waals surface area contributed by atoms with E-state index in [0.29, 0.717) is 49.2 Å². The SMILES string of the molecule is CN1C/C=C/CCOC2=NCCC(=C2)c2ccnc(n2)Nc2ccc(OC(F)(F)F)c(c2)C1. The first-order chi connectivity index (χ1) is 15.9. The Kier molecular flexibility index (Phi) is 6.93. The van der Waals surface area contributed by atoms with Crippen LogP contribution in [0.1, 0.15) is 24.1 Å². The molecular formula is C23H24F3N5O2. The average molecular weight is 459 g/mol. The smallest absolute Gasteiger partial charge is 0.478 e. The summed E-state index contributed by atoms with van der Waals surface area (Å²) in [5, 5.41) is 3.09. The van der Waals surface area contributed by atoms with Crippen LogP contribution in [0.25, 0.3) is 5.57 Å². The van der Waals surface area contributed by atoms with E-state index in [1.165, 1.54) is 12.1 Å². The second kappa shape index (κ2) is 10.0. The lowest BCUT2D eigenvalue weighted by Gasteiger charge is -2.20. The number of fused-ring (bicyclic) bond motifs is 6. The zero-order valence-corrected chi connectivity index (χ0v) is 18.1. The van der Waals surface area contributed by atoms with Crippen LogP contribution < -0.4 is 10.1 Å². The first-order valence-electron chi connectivity index (χ1n) is 10.6. The number of alkyl halides is 3. The quantitative estimate of drug-likeness (QED) is 0.623. The Bertz CT molecular complexity index is 1080. The number of rotatable bonds is 1. The Hall–Kier alpha value is -3.40. The Morgan fingerprint density at radius 3 is 2.91 bits per heavy atom. The van der Waals surface area contributed by atoms with Crippen LogP contribution in [0.2, 0.25) is 0 Å². The van der Waals surface area contributed by atoms with E-state index < -0.39 is 6.36 Å². The molecule has 0 spiro atoms. The van der Waals surface area contributed by atoms with Gasteiger partial charge in [-0.2, -0.15) is 0 Å². The van der Waals surface area contributed by atoms with Gasteiger partial charge in [-0.05, 0) is 49.7 Å². The summed E-state index contributed by atoms with van der Waals surface area (Å²) in [7, 11) is 1.83.